The van der Waals surface area contributed by atoms with Crippen LogP contribution in [0.4, 0.5) is 13.2 Å². The molecule has 1 N–H and O–H groups in total. The molecule has 1 heterocycles. The normalized spacial score (nSPS) is 10.9. The van der Waals surface area contributed by atoms with Crippen LogP contribution in [0.25, 0.3) is 0 Å². The molecule has 0 aliphatic heterocycles. The first-order valence-electron chi connectivity index (χ1n) is 3.38. The fourth-order valence-electron chi connectivity index (χ4n) is 0.761. The standard InChI is InChI=1S/C7H2BrF3N2O2/c8-6-4(14)5(15-7(9,10)11)3(1-12)2-13-6/h2,14H. The smallest absolute Gasteiger partial charge is 0.502 e. The maximum atomic E-state index is 11.9. The van der Waals surface area contributed by atoms with E-state index in [4.69, 9.17) is 5.26 Å². The van der Waals surface area contributed by atoms with Crippen molar-refractivity contribution in [1.29, 1.82) is 5.26 Å². The van der Waals surface area contributed by atoms with Gasteiger partial charge in [-0.3, -0.25) is 0 Å². The molecule has 1 aromatic rings. The quantitative estimate of drug-likeness (QED) is 0.803. The van der Waals surface area contributed by atoms with Crippen LogP contribution in [0.2, 0.25) is 0 Å². The third-order valence-corrected chi connectivity index (χ3v) is 1.88. The SMILES string of the molecule is N#Cc1cnc(Br)c(O)c1OC(F)(F)F. The number of aromatic hydroxyl groups is 1. The van der Waals surface area contributed by atoms with Gasteiger partial charge in [0.05, 0.1) is 6.20 Å². The van der Waals surface area contributed by atoms with Crippen LogP contribution in [0.1, 0.15) is 5.56 Å². The summed E-state index contributed by atoms with van der Waals surface area (Å²) in [6.07, 6.45) is -4.13. The molecule has 15 heavy (non-hydrogen) atoms. The van der Waals surface area contributed by atoms with Crippen molar-refractivity contribution in [3.8, 4) is 17.6 Å². The summed E-state index contributed by atoms with van der Waals surface area (Å²) in [6.45, 7) is 0. The third-order valence-electron chi connectivity index (χ3n) is 1.30. The zero-order chi connectivity index (χ0) is 11.6. The number of nitrogens with zero attached hydrogens (tertiary/aromatic N) is 2. The van der Waals surface area contributed by atoms with E-state index < -0.39 is 23.4 Å². The lowest BCUT2D eigenvalue weighted by atomic mass is 10.3. The number of nitriles is 1. The summed E-state index contributed by atoms with van der Waals surface area (Å²) in [6, 6.07) is 1.42. The molecule has 0 bridgehead atoms. The van der Waals surface area contributed by atoms with E-state index in [0.717, 1.165) is 6.20 Å². The minimum Gasteiger partial charge on any atom is -0.502 e. The molecule has 1 aromatic heterocycles. The van der Waals surface area contributed by atoms with E-state index in [0.29, 0.717) is 0 Å². The highest BCUT2D eigenvalue weighted by atomic mass is 79.9. The van der Waals surface area contributed by atoms with Crippen molar-refractivity contribution in [3.05, 3.63) is 16.4 Å². The Balaban J connectivity index is 3.26. The van der Waals surface area contributed by atoms with Gasteiger partial charge in [0.2, 0.25) is 0 Å². The first kappa shape index (κ1) is 11.6. The summed E-state index contributed by atoms with van der Waals surface area (Å²) in [7, 11) is 0. The highest BCUT2D eigenvalue weighted by Crippen LogP contribution is 2.38. The molecule has 0 radical (unpaired) electrons. The molecule has 0 saturated heterocycles. The molecule has 0 aliphatic rings. The summed E-state index contributed by atoms with van der Waals surface area (Å²) in [4.78, 5) is 3.44. The van der Waals surface area contributed by atoms with E-state index in [2.05, 4.69) is 25.7 Å². The lowest BCUT2D eigenvalue weighted by molar-refractivity contribution is -0.275. The average Bonchev–Trinajstić information content (AvgIpc) is 2.11. The van der Waals surface area contributed by atoms with E-state index in [1.807, 2.05) is 0 Å². The van der Waals surface area contributed by atoms with Gasteiger partial charge in [0.25, 0.3) is 0 Å². The molecule has 0 aromatic carbocycles. The number of pyridine rings is 1. The van der Waals surface area contributed by atoms with Crippen LogP contribution in [-0.2, 0) is 0 Å². The van der Waals surface area contributed by atoms with Crippen LogP contribution in [-0.4, -0.2) is 16.5 Å². The molecular formula is C7H2BrF3N2O2. The fraction of sp³-hybridized carbons (Fsp3) is 0.143. The van der Waals surface area contributed by atoms with Gasteiger partial charge >= 0.3 is 6.36 Å². The average molecular weight is 283 g/mol. The summed E-state index contributed by atoms with van der Waals surface area (Å²) >= 11 is 2.70. The van der Waals surface area contributed by atoms with E-state index in [9.17, 15) is 18.3 Å². The van der Waals surface area contributed by atoms with Gasteiger partial charge in [-0.25, -0.2) is 4.98 Å². The molecule has 80 valence electrons. The molecule has 0 aliphatic carbocycles. The minimum atomic E-state index is -4.98. The van der Waals surface area contributed by atoms with Crippen LogP contribution < -0.4 is 4.74 Å². The van der Waals surface area contributed by atoms with E-state index >= 15 is 0 Å². The summed E-state index contributed by atoms with van der Waals surface area (Å²) in [5.41, 5.74) is -0.506. The van der Waals surface area contributed by atoms with Gasteiger partial charge in [0.15, 0.2) is 16.1 Å². The van der Waals surface area contributed by atoms with Crippen molar-refractivity contribution in [2.45, 2.75) is 6.36 Å². The van der Waals surface area contributed by atoms with Crippen LogP contribution in [0.15, 0.2) is 10.8 Å². The lowest BCUT2D eigenvalue weighted by Crippen LogP contribution is -2.18. The second-order valence-corrected chi connectivity index (χ2v) is 3.05. The number of aromatic nitrogens is 1. The van der Waals surface area contributed by atoms with Gasteiger partial charge in [-0.15, -0.1) is 13.2 Å². The number of alkyl halides is 3. The van der Waals surface area contributed by atoms with Crippen LogP contribution in [0.5, 0.6) is 11.5 Å². The molecular weight excluding hydrogens is 281 g/mol. The maximum absolute atomic E-state index is 11.9. The van der Waals surface area contributed by atoms with Crippen LogP contribution in [0.3, 0.4) is 0 Å². The van der Waals surface area contributed by atoms with E-state index in [1.54, 1.807) is 0 Å². The predicted molar refractivity (Wildman–Crippen MR) is 45.0 cm³/mol. The van der Waals surface area contributed by atoms with Gasteiger partial charge in [-0.2, -0.15) is 5.26 Å². The first-order valence-corrected chi connectivity index (χ1v) is 4.17. The van der Waals surface area contributed by atoms with Gasteiger partial charge in [0.1, 0.15) is 11.6 Å². The number of halogens is 4. The second kappa shape index (κ2) is 3.94. The van der Waals surface area contributed by atoms with Crippen molar-refractivity contribution in [2.75, 3.05) is 0 Å². The van der Waals surface area contributed by atoms with Crippen molar-refractivity contribution in [3.63, 3.8) is 0 Å². The number of hydrogen-bond acceptors (Lipinski definition) is 4. The van der Waals surface area contributed by atoms with E-state index in [-0.39, 0.29) is 4.60 Å². The summed E-state index contributed by atoms with van der Waals surface area (Å²) in [5.74, 6) is -1.83. The number of rotatable bonds is 1. The molecule has 1 rings (SSSR count). The topological polar surface area (TPSA) is 66.1 Å². The van der Waals surface area contributed by atoms with Crippen molar-refractivity contribution >= 4 is 15.9 Å². The van der Waals surface area contributed by atoms with Gasteiger partial charge in [-0.05, 0) is 15.9 Å². The lowest BCUT2D eigenvalue weighted by Gasteiger charge is -2.11. The molecule has 0 saturated carbocycles. The Morgan fingerprint density at radius 3 is 2.60 bits per heavy atom. The second-order valence-electron chi connectivity index (χ2n) is 2.30. The molecule has 8 heteroatoms. The minimum absolute atomic E-state index is 0.235. The van der Waals surface area contributed by atoms with Gasteiger partial charge < -0.3 is 9.84 Å². The Morgan fingerprint density at radius 1 is 1.53 bits per heavy atom. The zero-order valence-electron chi connectivity index (χ0n) is 6.84. The Morgan fingerprint density at radius 2 is 2.13 bits per heavy atom. The largest absolute Gasteiger partial charge is 0.573 e. The van der Waals surface area contributed by atoms with Crippen molar-refractivity contribution in [2.24, 2.45) is 0 Å². The first-order chi connectivity index (χ1) is 6.85. The van der Waals surface area contributed by atoms with Crippen molar-refractivity contribution < 1.29 is 23.0 Å². The highest BCUT2D eigenvalue weighted by molar-refractivity contribution is 9.10. The third kappa shape index (κ3) is 2.73. The Bertz CT molecular complexity index is 427. The molecule has 0 unspecified atom stereocenters. The van der Waals surface area contributed by atoms with E-state index in [1.165, 1.54) is 6.07 Å². The predicted octanol–water partition coefficient (Wildman–Crippen LogP) is 2.32. The summed E-state index contributed by atoms with van der Waals surface area (Å²) in [5, 5.41) is 17.7. The van der Waals surface area contributed by atoms with Gasteiger partial charge in [0, 0.05) is 0 Å². The fourth-order valence-corrected chi connectivity index (χ4v) is 1.04. The van der Waals surface area contributed by atoms with Crippen molar-refractivity contribution in [1.82, 2.24) is 4.98 Å². The zero-order valence-corrected chi connectivity index (χ0v) is 8.43. The molecule has 0 amide bonds. The monoisotopic (exact) mass is 282 g/mol. The Hall–Kier alpha value is -1.49. The summed E-state index contributed by atoms with van der Waals surface area (Å²) < 4.78 is 38.9. The Labute approximate surface area is 90.0 Å². The molecule has 4 nitrogen and oxygen atoms in total. The molecule has 0 fully saturated rings. The number of hydrogen-bond donors (Lipinski definition) is 1. The molecule has 0 spiro atoms. The van der Waals surface area contributed by atoms with Gasteiger partial charge in [-0.1, -0.05) is 0 Å². The maximum Gasteiger partial charge on any atom is 0.573 e. The Kier molecular flexibility index (Phi) is 3.04. The van der Waals surface area contributed by atoms with Crippen LogP contribution in [0, 0.1) is 11.3 Å². The highest BCUT2D eigenvalue weighted by Gasteiger charge is 2.34. The number of ether oxygens (including phenoxy) is 1. The van der Waals surface area contributed by atoms with Crippen LogP contribution >= 0.6 is 15.9 Å². The molecule has 0 atom stereocenters.